The average molecular weight is 549 g/mol. The van der Waals surface area contributed by atoms with Gasteiger partial charge >= 0.3 is 0 Å². The van der Waals surface area contributed by atoms with Crippen LogP contribution in [0.4, 0.5) is 0 Å². The number of thioether (sulfide) groups is 2. The maximum Gasteiger partial charge on any atom is 0.187 e. The van der Waals surface area contributed by atoms with Gasteiger partial charge in [0.25, 0.3) is 0 Å². The van der Waals surface area contributed by atoms with Gasteiger partial charge in [0.15, 0.2) is 12.5 Å². The molecule has 0 aliphatic carbocycles. The summed E-state index contributed by atoms with van der Waals surface area (Å²) in [5.74, 6) is 3.79. The van der Waals surface area contributed by atoms with Crippen molar-refractivity contribution in [2.75, 3.05) is 56.4 Å². The molecule has 2 saturated heterocycles. The van der Waals surface area contributed by atoms with Crippen molar-refractivity contribution in [1.29, 1.82) is 0 Å². The lowest BCUT2D eigenvalue weighted by atomic mass is 9.96. The monoisotopic (exact) mass is 548 g/mol. The van der Waals surface area contributed by atoms with Gasteiger partial charge in [-0.25, -0.2) is 0 Å². The Hall–Kier alpha value is 0.180. The van der Waals surface area contributed by atoms with Crippen LogP contribution >= 0.6 is 23.5 Å². The molecule has 2 rings (SSSR count). The van der Waals surface area contributed by atoms with E-state index < -0.39 is 74.6 Å². The molecule has 0 aromatic heterocycles. The minimum absolute atomic E-state index is 0.393. The van der Waals surface area contributed by atoms with E-state index in [1.165, 1.54) is 12.2 Å². The average Bonchev–Trinajstić information content (AvgIpc) is 2.86. The van der Waals surface area contributed by atoms with E-state index >= 15 is 0 Å². The third-order valence-corrected chi connectivity index (χ3v) is 8.14. The molecule has 15 heteroatoms. The maximum absolute atomic E-state index is 10.8. The van der Waals surface area contributed by atoms with Crippen LogP contribution in [0.25, 0.3) is 0 Å². The van der Waals surface area contributed by atoms with E-state index in [0.29, 0.717) is 13.1 Å². The van der Waals surface area contributed by atoms with E-state index in [2.05, 4.69) is 0 Å². The molecule has 10 atom stereocenters. The summed E-state index contributed by atoms with van der Waals surface area (Å²) in [5, 5.41) is 72.2. The predicted octanol–water partition coefficient (Wildman–Crippen LogP) is -3.71. The Balaban J connectivity index is 1.93. The third kappa shape index (κ3) is 8.59. The highest BCUT2D eigenvalue weighted by molar-refractivity contribution is 8.02. The van der Waals surface area contributed by atoms with Crippen LogP contribution in [0.1, 0.15) is 6.42 Å². The molecule has 0 saturated carbocycles. The molecular weight excluding hydrogens is 508 g/mol. The van der Waals surface area contributed by atoms with E-state index in [9.17, 15) is 35.7 Å². The lowest BCUT2D eigenvalue weighted by Gasteiger charge is -2.47. The van der Waals surface area contributed by atoms with Crippen LogP contribution in [-0.4, -0.2) is 159 Å². The fraction of sp³-hybridized carbons (Fsp3) is 1.00. The third-order valence-electron chi connectivity index (χ3n) is 5.80. The van der Waals surface area contributed by atoms with E-state index in [1.807, 2.05) is 0 Å². The molecule has 0 aromatic carbocycles. The number of hydrogen-bond acceptors (Lipinski definition) is 15. The van der Waals surface area contributed by atoms with E-state index in [0.717, 1.165) is 29.4 Å². The molecule has 35 heavy (non-hydrogen) atoms. The van der Waals surface area contributed by atoms with Crippen LogP contribution < -0.4 is 5.73 Å². The molecular formula is C20H40N2O11S2. The van der Waals surface area contributed by atoms with Gasteiger partial charge in [-0.2, -0.15) is 28.6 Å². The molecule has 0 aromatic rings. The van der Waals surface area contributed by atoms with Crippen LogP contribution in [0.3, 0.4) is 0 Å². The first-order chi connectivity index (χ1) is 16.8. The van der Waals surface area contributed by atoms with E-state index in [4.69, 9.17) is 24.8 Å². The maximum atomic E-state index is 10.8. The second kappa shape index (κ2) is 16.2. The normalized spacial score (nSPS) is 38.2. The zero-order chi connectivity index (χ0) is 26.0. The molecule has 2 fully saturated rings. The summed E-state index contributed by atoms with van der Waals surface area (Å²) < 4.78 is 16.7. The fourth-order valence-corrected chi connectivity index (χ4v) is 5.71. The smallest absolute Gasteiger partial charge is 0.187 e. The first-order valence-corrected chi connectivity index (χ1v) is 13.9. The van der Waals surface area contributed by atoms with Gasteiger partial charge in [-0.1, -0.05) is 0 Å². The molecule has 0 spiro atoms. The van der Waals surface area contributed by atoms with Crippen molar-refractivity contribution in [3.63, 3.8) is 0 Å². The molecule has 2 heterocycles. The number of hydroxylamine groups is 2. The highest BCUT2D eigenvalue weighted by atomic mass is 32.2. The molecule has 208 valence electrons. The van der Waals surface area contributed by atoms with Crippen molar-refractivity contribution < 1.29 is 54.8 Å². The topological polar surface area (TPSA) is 208 Å². The molecule has 4 unspecified atom stereocenters. The summed E-state index contributed by atoms with van der Waals surface area (Å²) in [6, 6.07) is 0. The Kier molecular flexibility index (Phi) is 14.5. The standard InChI is InChI=1S/C20H40N2O11S2/c1-30-22(4-2-5-34-7-8-35-6-3-21)19-16(28)15(27)18(12(10-24)31-19)33-20-17(29)14(26)13(25)11(9-23)32-20/h11-20,23-29H,2-10,21H2,1H3/t11?,12?,13-,14-,15+,16?,17?,18+,19+,20-/m0/s1. The summed E-state index contributed by atoms with van der Waals surface area (Å²) in [6.45, 7) is -0.201. The first-order valence-electron chi connectivity index (χ1n) is 11.5. The van der Waals surface area contributed by atoms with Gasteiger partial charge in [0.2, 0.25) is 0 Å². The van der Waals surface area contributed by atoms with Gasteiger partial charge in [-0.05, 0) is 12.2 Å². The Morgan fingerprint density at radius 3 is 2.06 bits per heavy atom. The molecule has 0 bridgehead atoms. The number of nitrogens with two attached hydrogens (primary N) is 1. The minimum atomic E-state index is -1.71. The largest absolute Gasteiger partial charge is 0.394 e. The van der Waals surface area contributed by atoms with Gasteiger partial charge < -0.3 is 55.7 Å². The van der Waals surface area contributed by atoms with Crippen LogP contribution in [0, 0.1) is 0 Å². The van der Waals surface area contributed by atoms with Gasteiger partial charge in [0, 0.05) is 30.3 Å². The van der Waals surface area contributed by atoms with Crippen LogP contribution in [0.2, 0.25) is 0 Å². The number of nitrogens with zero attached hydrogens (tertiary/aromatic N) is 1. The summed E-state index contributed by atoms with van der Waals surface area (Å²) >= 11 is 3.58. The van der Waals surface area contributed by atoms with Gasteiger partial charge in [0.1, 0.15) is 48.8 Å². The summed E-state index contributed by atoms with van der Waals surface area (Å²) in [4.78, 5) is 5.35. The minimum Gasteiger partial charge on any atom is -0.394 e. The van der Waals surface area contributed by atoms with Crippen molar-refractivity contribution in [2.24, 2.45) is 5.73 Å². The lowest BCUT2D eigenvalue weighted by molar-refractivity contribution is -0.366. The SMILES string of the molecule is CON(CCCSCCSCCN)[C@@H]1OC(CO)[C@@H](O[C@@H]2OC(CO)[C@H](O)[C@H](O)C2O)[C@H](O)C1O. The molecule has 13 nitrogen and oxygen atoms in total. The zero-order valence-electron chi connectivity index (χ0n) is 19.7. The highest BCUT2D eigenvalue weighted by Crippen LogP contribution is 2.30. The van der Waals surface area contributed by atoms with Gasteiger partial charge in [0.05, 0.1) is 20.3 Å². The molecule has 2 aliphatic heterocycles. The van der Waals surface area contributed by atoms with E-state index in [-0.39, 0.29) is 0 Å². The van der Waals surface area contributed by atoms with Crippen LogP contribution in [0.15, 0.2) is 0 Å². The van der Waals surface area contributed by atoms with Gasteiger partial charge in [-0.15, -0.1) is 0 Å². The predicted molar refractivity (Wildman–Crippen MR) is 128 cm³/mol. The highest BCUT2D eigenvalue weighted by Gasteiger charge is 2.51. The Bertz CT molecular complexity index is 583. The molecule has 0 amide bonds. The Morgan fingerprint density at radius 2 is 1.46 bits per heavy atom. The van der Waals surface area contributed by atoms with Crippen molar-refractivity contribution in [2.45, 2.75) is 67.8 Å². The van der Waals surface area contributed by atoms with Crippen molar-refractivity contribution in [3.05, 3.63) is 0 Å². The number of rotatable bonds is 15. The first kappa shape index (κ1) is 31.4. The van der Waals surface area contributed by atoms with E-state index in [1.54, 1.807) is 23.5 Å². The zero-order valence-corrected chi connectivity index (χ0v) is 21.4. The number of ether oxygens (including phenoxy) is 3. The molecule has 0 radical (unpaired) electrons. The molecule has 2 aliphatic rings. The summed E-state index contributed by atoms with van der Waals surface area (Å²) in [7, 11) is 1.41. The van der Waals surface area contributed by atoms with Crippen molar-refractivity contribution in [1.82, 2.24) is 5.06 Å². The molecule has 9 N–H and O–H groups in total. The Labute approximate surface area is 213 Å². The fourth-order valence-electron chi connectivity index (χ4n) is 3.86. The summed E-state index contributed by atoms with van der Waals surface area (Å²) in [5.41, 5.74) is 5.47. The Morgan fingerprint density at radius 1 is 0.800 bits per heavy atom. The number of hydrogen-bond donors (Lipinski definition) is 8. The van der Waals surface area contributed by atoms with Crippen LogP contribution in [-0.2, 0) is 19.0 Å². The second-order valence-electron chi connectivity index (χ2n) is 8.22. The van der Waals surface area contributed by atoms with Gasteiger partial charge in [-0.3, -0.25) is 4.84 Å². The quantitative estimate of drug-likeness (QED) is 0.0731. The van der Waals surface area contributed by atoms with Crippen LogP contribution in [0.5, 0.6) is 0 Å². The van der Waals surface area contributed by atoms with Crippen molar-refractivity contribution in [3.8, 4) is 0 Å². The second-order valence-corrected chi connectivity index (χ2v) is 10.7. The lowest BCUT2D eigenvalue weighted by Crippen LogP contribution is -2.66. The van der Waals surface area contributed by atoms with Crippen molar-refractivity contribution >= 4 is 23.5 Å². The number of aliphatic hydroxyl groups is 7. The number of aliphatic hydroxyl groups excluding tert-OH is 7. The summed E-state index contributed by atoms with van der Waals surface area (Å²) in [6.07, 6.45) is -13.7.